The molecule has 128 valence electrons. The number of likely N-dealkylation sites (tertiary alicyclic amines) is 1. The average Bonchev–Trinajstić information content (AvgIpc) is 2.97. The van der Waals surface area contributed by atoms with Crippen molar-refractivity contribution in [1.82, 2.24) is 9.88 Å². The van der Waals surface area contributed by atoms with Crippen molar-refractivity contribution in [2.45, 2.75) is 43.1 Å². The van der Waals surface area contributed by atoms with E-state index in [1.807, 2.05) is 6.92 Å². The smallest absolute Gasteiger partial charge is 0.382 e. The number of hydrogen-bond acceptors (Lipinski definition) is 4. The van der Waals surface area contributed by atoms with Crippen molar-refractivity contribution < 1.29 is 23.1 Å². The number of nitrogens with one attached hydrogen (secondary N) is 1. The highest BCUT2D eigenvalue weighted by Crippen LogP contribution is 2.31. The normalized spacial score (nSPS) is 19.7. The molecule has 2 atom stereocenters. The van der Waals surface area contributed by atoms with Crippen LogP contribution in [0.15, 0.2) is 23.4 Å². The number of alkyl halides is 3. The summed E-state index contributed by atoms with van der Waals surface area (Å²) in [7, 11) is 0. The van der Waals surface area contributed by atoms with Gasteiger partial charge in [0.2, 0.25) is 0 Å². The number of amides is 2. The highest BCUT2D eigenvalue weighted by molar-refractivity contribution is 7.99. The molecular formula is C14H18F3N3O2S. The third-order valence-corrected chi connectivity index (χ3v) is 4.37. The van der Waals surface area contributed by atoms with Gasteiger partial charge in [-0.25, -0.2) is 9.78 Å². The SMILES string of the molecule is CCSc1ccc(NC(=O)N2CCC[C@H]2[C@H](O)C(F)(F)F)cn1. The molecule has 9 heteroatoms. The van der Waals surface area contributed by atoms with Crippen molar-refractivity contribution in [1.29, 1.82) is 0 Å². The molecule has 2 heterocycles. The Morgan fingerprint density at radius 1 is 1.57 bits per heavy atom. The fourth-order valence-corrected chi connectivity index (χ4v) is 3.06. The summed E-state index contributed by atoms with van der Waals surface area (Å²) in [5.41, 5.74) is 0.405. The molecule has 2 rings (SSSR count). The van der Waals surface area contributed by atoms with Gasteiger partial charge in [0.05, 0.1) is 23.0 Å². The summed E-state index contributed by atoms with van der Waals surface area (Å²) in [6, 6.07) is 1.47. The Morgan fingerprint density at radius 3 is 2.87 bits per heavy atom. The molecule has 1 saturated heterocycles. The predicted molar refractivity (Wildman–Crippen MR) is 81.4 cm³/mol. The minimum atomic E-state index is -4.74. The topological polar surface area (TPSA) is 65.5 Å². The summed E-state index contributed by atoms with van der Waals surface area (Å²) in [5.74, 6) is 0.865. The molecule has 1 aliphatic heterocycles. The summed E-state index contributed by atoms with van der Waals surface area (Å²) in [5, 5.41) is 12.7. The van der Waals surface area contributed by atoms with Gasteiger partial charge in [-0.15, -0.1) is 11.8 Å². The molecule has 1 aromatic heterocycles. The first-order valence-electron chi connectivity index (χ1n) is 7.24. The number of pyridine rings is 1. The molecule has 1 fully saturated rings. The lowest BCUT2D eigenvalue weighted by Crippen LogP contribution is -2.50. The van der Waals surface area contributed by atoms with Gasteiger partial charge in [-0.1, -0.05) is 6.92 Å². The summed E-state index contributed by atoms with van der Waals surface area (Å²) in [6.07, 6.45) is -5.26. The number of rotatable bonds is 4. The third-order valence-electron chi connectivity index (χ3n) is 3.54. The van der Waals surface area contributed by atoms with E-state index in [4.69, 9.17) is 0 Å². The number of halogens is 3. The van der Waals surface area contributed by atoms with E-state index in [-0.39, 0.29) is 13.0 Å². The molecule has 1 aromatic rings. The largest absolute Gasteiger partial charge is 0.416 e. The first kappa shape index (κ1) is 17.9. The zero-order chi connectivity index (χ0) is 17.0. The number of hydrogen-bond donors (Lipinski definition) is 2. The molecule has 23 heavy (non-hydrogen) atoms. The Hall–Kier alpha value is -1.48. The third kappa shape index (κ3) is 4.51. The molecule has 5 nitrogen and oxygen atoms in total. The quantitative estimate of drug-likeness (QED) is 0.820. The van der Waals surface area contributed by atoms with Crippen molar-refractivity contribution in [3.63, 3.8) is 0 Å². The van der Waals surface area contributed by atoms with Gasteiger partial charge in [0, 0.05) is 6.54 Å². The zero-order valence-corrected chi connectivity index (χ0v) is 13.3. The van der Waals surface area contributed by atoms with Gasteiger partial charge < -0.3 is 15.3 Å². The second-order valence-electron chi connectivity index (χ2n) is 5.14. The summed E-state index contributed by atoms with van der Waals surface area (Å²) in [4.78, 5) is 17.3. The monoisotopic (exact) mass is 349 g/mol. The Balaban J connectivity index is 2.01. The maximum Gasteiger partial charge on any atom is 0.416 e. The van der Waals surface area contributed by atoms with E-state index in [0.29, 0.717) is 12.1 Å². The Kier molecular flexibility index (Phi) is 5.74. The van der Waals surface area contributed by atoms with Crippen LogP contribution in [0.3, 0.4) is 0 Å². The number of anilines is 1. The molecule has 0 radical (unpaired) electrons. The van der Waals surface area contributed by atoms with Crippen molar-refractivity contribution in [3.05, 3.63) is 18.3 Å². The van der Waals surface area contributed by atoms with Crippen LogP contribution in [-0.2, 0) is 0 Å². The number of urea groups is 1. The van der Waals surface area contributed by atoms with Crippen LogP contribution in [0.2, 0.25) is 0 Å². The second-order valence-corrected chi connectivity index (χ2v) is 6.42. The van der Waals surface area contributed by atoms with Crippen LogP contribution in [0.25, 0.3) is 0 Å². The van der Waals surface area contributed by atoms with Crippen LogP contribution in [-0.4, -0.2) is 51.6 Å². The number of thioether (sulfide) groups is 1. The van der Waals surface area contributed by atoms with Crippen LogP contribution in [0.4, 0.5) is 23.7 Å². The lowest BCUT2D eigenvalue weighted by Gasteiger charge is -2.29. The van der Waals surface area contributed by atoms with E-state index in [1.54, 1.807) is 23.9 Å². The van der Waals surface area contributed by atoms with Crippen LogP contribution in [0, 0.1) is 0 Å². The molecule has 0 aliphatic carbocycles. The van der Waals surface area contributed by atoms with Gasteiger partial charge in [0.25, 0.3) is 0 Å². The first-order valence-corrected chi connectivity index (χ1v) is 8.22. The maximum atomic E-state index is 12.7. The van der Waals surface area contributed by atoms with Gasteiger partial charge in [-0.2, -0.15) is 13.2 Å². The second kappa shape index (κ2) is 7.39. The van der Waals surface area contributed by atoms with Gasteiger partial charge in [-0.3, -0.25) is 0 Å². The average molecular weight is 349 g/mol. The summed E-state index contributed by atoms with van der Waals surface area (Å²) < 4.78 is 38.0. The Labute approximate surface area is 136 Å². The molecular weight excluding hydrogens is 331 g/mol. The lowest BCUT2D eigenvalue weighted by molar-refractivity contribution is -0.216. The Morgan fingerprint density at radius 2 is 2.30 bits per heavy atom. The molecule has 2 N–H and O–H groups in total. The van der Waals surface area contributed by atoms with E-state index in [0.717, 1.165) is 15.7 Å². The van der Waals surface area contributed by atoms with Crippen LogP contribution >= 0.6 is 11.8 Å². The predicted octanol–water partition coefficient (Wildman–Crippen LogP) is 3.11. The van der Waals surface area contributed by atoms with E-state index in [9.17, 15) is 23.1 Å². The fraction of sp³-hybridized carbons (Fsp3) is 0.571. The Bertz CT molecular complexity index is 539. The van der Waals surface area contributed by atoms with Gasteiger partial charge in [-0.05, 0) is 30.7 Å². The zero-order valence-electron chi connectivity index (χ0n) is 12.5. The van der Waals surface area contributed by atoms with E-state index in [2.05, 4.69) is 10.3 Å². The van der Waals surface area contributed by atoms with Crippen LogP contribution in [0.5, 0.6) is 0 Å². The summed E-state index contributed by atoms with van der Waals surface area (Å²) >= 11 is 1.54. The van der Waals surface area contributed by atoms with Crippen molar-refractivity contribution in [3.8, 4) is 0 Å². The highest BCUT2D eigenvalue weighted by atomic mass is 32.2. The molecule has 0 unspecified atom stereocenters. The van der Waals surface area contributed by atoms with Crippen molar-refractivity contribution >= 4 is 23.5 Å². The minimum absolute atomic E-state index is 0.123. The number of aromatic nitrogens is 1. The van der Waals surface area contributed by atoms with Gasteiger partial charge in [0.15, 0.2) is 6.10 Å². The van der Waals surface area contributed by atoms with Crippen LogP contribution in [0.1, 0.15) is 19.8 Å². The molecule has 0 saturated carbocycles. The van der Waals surface area contributed by atoms with E-state index >= 15 is 0 Å². The number of aliphatic hydroxyl groups is 1. The number of aliphatic hydroxyl groups excluding tert-OH is 1. The number of carbonyl (C=O) groups excluding carboxylic acids is 1. The fourth-order valence-electron chi connectivity index (χ4n) is 2.47. The molecule has 2 amide bonds. The maximum absolute atomic E-state index is 12.7. The summed E-state index contributed by atoms with van der Waals surface area (Å²) in [6.45, 7) is 2.17. The molecule has 0 aromatic carbocycles. The van der Waals surface area contributed by atoms with Crippen molar-refractivity contribution in [2.75, 3.05) is 17.6 Å². The molecule has 0 spiro atoms. The van der Waals surface area contributed by atoms with Gasteiger partial charge in [0.1, 0.15) is 0 Å². The van der Waals surface area contributed by atoms with Crippen LogP contribution < -0.4 is 5.32 Å². The van der Waals surface area contributed by atoms with E-state index < -0.39 is 24.4 Å². The molecule has 1 aliphatic rings. The molecule has 0 bridgehead atoms. The van der Waals surface area contributed by atoms with E-state index in [1.165, 1.54) is 6.20 Å². The number of nitrogens with zero attached hydrogens (tertiary/aromatic N) is 2. The van der Waals surface area contributed by atoms with Crippen molar-refractivity contribution in [2.24, 2.45) is 0 Å². The number of carbonyl (C=O) groups is 1. The standard InChI is InChI=1S/C14H18F3N3O2S/c1-2-23-11-6-5-9(8-18-11)19-13(22)20-7-3-4-10(20)12(21)14(15,16)17/h5-6,8,10,12,21H,2-4,7H2,1H3,(H,19,22)/t10-,12-/m0/s1. The lowest BCUT2D eigenvalue weighted by atomic mass is 10.1. The first-order chi connectivity index (χ1) is 10.8. The van der Waals surface area contributed by atoms with Gasteiger partial charge >= 0.3 is 12.2 Å². The minimum Gasteiger partial charge on any atom is -0.382 e. The highest BCUT2D eigenvalue weighted by Gasteiger charge is 2.48.